The second-order valence-electron chi connectivity index (χ2n) is 8.65. The van der Waals surface area contributed by atoms with Crippen LogP contribution in [0.4, 0.5) is 0 Å². The van der Waals surface area contributed by atoms with E-state index in [9.17, 15) is 4.79 Å². The Labute approximate surface area is 201 Å². The lowest BCUT2D eigenvalue weighted by Crippen LogP contribution is -2.56. The van der Waals surface area contributed by atoms with Crippen LogP contribution in [0, 0.1) is 5.41 Å². The molecule has 0 radical (unpaired) electrons. The van der Waals surface area contributed by atoms with Crippen molar-refractivity contribution in [2.75, 3.05) is 12.0 Å². The molecular formula is C26H31Cl2NOS. The zero-order valence-electron chi connectivity index (χ0n) is 18.5. The van der Waals surface area contributed by atoms with Crippen LogP contribution in [0.5, 0.6) is 0 Å². The number of benzene rings is 2. The molecule has 0 aliphatic carbocycles. The first-order valence-electron chi connectivity index (χ1n) is 10.8. The first-order valence-corrected chi connectivity index (χ1v) is 12.9. The molecule has 0 bridgehead atoms. The standard InChI is InChI=1S/C26H31Cl2NOS/c1-5-14-26(3)16-23(19-8-7-9-21(28)15-19)24(18-10-12-20(27)13-11-18)29(25(26)30)22(6-2)17-31-4/h5,7-13,15,22-24H,1,6,14,16-17H2,2-4H3. The maximum absolute atomic E-state index is 14.0. The molecule has 4 atom stereocenters. The minimum Gasteiger partial charge on any atom is -0.331 e. The van der Waals surface area contributed by atoms with Crippen molar-refractivity contribution in [3.63, 3.8) is 0 Å². The fourth-order valence-corrected chi connectivity index (χ4v) is 5.98. The Morgan fingerprint density at radius 2 is 1.90 bits per heavy atom. The SMILES string of the molecule is C=CCC1(C)CC(c2cccc(Cl)c2)C(c2ccc(Cl)cc2)N(C(CC)CSC)C1=O. The van der Waals surface area contributed by atoms with Gasteiger partial charge < -0.3 is 4.90 Å². The van der Waals surface area contributed by atoms with Gasteiger partial charge >= 0.3 is 0 Å². The summed E-state index contributed by atoms with van der Waals surface area (Å²) in [6.45, 7) is 8.21. The zero-order valence-corrected chi connectivity index (χ0v) is 20.8. The van der Waals surface area contributed by atoms with Crippen LogP contribution in [0.3, 0.4) is 0 Å². The van der Waals surface area contributed by atoms with E-state index in [1.165, 1.54) is 5.56 Å². The van der Waals surface area contributed by atoms with Crippen LogP contribution in [-0.4, -0.2) is 28.9 Å². The van der Waals surface area contributed by atoms with Crippen molar-refractivity contribution in [2.45, 2.75) is 51.1 Å². The van der Waals surface area contributed by atoms with Crippen molar-refractivity contribution >= 4 is 40.9 Å². The summed E-state index contributed by atoms with van der Waals surface area (Å²) in [5, 5.41) is 1.42. The minimum atomic E-state index is -0.497. The molecule has 0 spiro atoms. The lowest BCUT2D eigenvalue weighted by molar-refractivity contribution is -0.153. The van der Waals surface area contributed by atoms with Gasteiger partial charge in [-0.25, -0.2) is 0 Å². The van der Waals surface area contributed by atoms with Crippen molar-refractivity contribution in [3.8, 4) is 0 Å². The van der Waals surface area contributed by atoms with Crippen molar-refractivity contribution in [3.05, 3.63) is 82.4 Å². The van der Waals surface area contributed by atoms with Crippen LogP contribution >= 0.6 is 35.0 Å². The molecule has 4 unspecified atom stereocenters. The number of carbonyl (C=O) groups is 1. The molecule has 1 fully saturated rings. The Hall–Kier alpha value is -1.42. The third-order valence-corrected chi connectivity index (χ3v) is 7.61. The van der Waals surface area contributed by atoms with E-state index in [0.29, 0.717) is 11.4 Å². The third kappa shape index (κ3) is 5.16. The molecule has 5 heteroatoms. The van der Waals surface area contributed by atoms with E-state index < -0.39 is 5.41 Å². The summed E-state index contributed by atoms with van der Waals surface area (Å²) in [5.74, 6) is 1.24. The first kappa shape index (κ1) is 24.2. The van der Waals surface area contributed by atoms with Crippen LogP contribution in [0.25, 0.3) is 0 Å². The highest BCUT2D eigenvalue weighted by atomic mass is 35.5. The topological polar surface area (TPSA) is 20.3 Å². The van der Waals surface area contributed by atoms with Crippen LogP contribution in [0.2, 0.25) is 10.0 Å². The summed E-state index contributed by atoms with van der Waals surface area (Å²) in [5.41, 5.74) is 1.78. The predicted octanol–water partition coefficient (Wildman–Crippen LogP) is 7.77. The third-order valence-electron chi connectivity index (χ3n) is 6.41. The molecule has 166 valence electrons. The monoisotopic (exact) mass is 475 g/mol. The molecule has 3 rings (SSSR count). The van der Waals surface area contributed by atoms with Crippen molar-refractivity contribution in [2.24, 2.45) is 5.41 Å². The predicted molar refractivity (Wildman–Crippen MR) is 135 cm³/mol. The average molecular weight is 477 g/mol. The number of amides is 1. The van der Waals surface area contributed by atoms with Crippen LogP contribution in [0.15, 0.2) is 61.2 Å². The summed E-state index contributed by atoms with van der Waals surface area (Å²) in [6, 6.07) is 16.1. The molecular weight excluding hydrogens is 445 g/mol. The summed E-state index contributed by atoms with van der Waals surface area (Å²) in [7, 11) is 0. The molecule has 1 aliphatic rings. The van der Waals surface area contributed by atoms with E-state index in [1.807, 2.05) is 36.4 Å². The van der Waals surface area contributed by atoms with Gasteiger partial charge in [0.15, 0.2) is 0 Å². The van der Waals surface area contributed by atoms with Crippen LogP contribution in [0.1, 0.15) is 56.2 Å². The number of likely N-dealkylation sites (tertiary alicyclic amines) is 1. The Kier molecular flexibility index (Phi) is 8.18. The number of hydrogen-bond donors (Lipinski definition) is 0. The number of piperidine rings is 1. The molecule has 1 amide bonds. The van der Waals surface area contributed by atoms with E-state index >= 15 is 0 Å². The molecule has 0 N–H and O–H groups in total. The largest absolute Gasteiger partial charge is 0.331 e. The molecule has 0 aromatic heterocycles. The lowest BCUT2D eigenvalue weighted by atomic mass is 9.67. The van der Waals surface area contributed by atoms with E-state index in [0.717, 1.165) is 29.2 Å². The molecule has 1 heterocycles. The highest BCUT2D eigenvalue weighted by molar-refractivity contribution is 7.98. The maximum Gasteiger partial charge on any atom is 0.229 e. The maximum atomic E-state index is 14.0. The molecule has 2 nitrogen and oxygen atoms in total. The highest BCUT2D eigenvalue weighted by Gasteiger charge is 2.50. The van der Waals surface area contributed by atoms with Gasteiger partial charge in [-0.3, -0.25) is 4.79 Å². The quantitative estimate of drug-likeness (QED) is 0.363. The number of nitrogens with zero attached hydrogens (tertiary/aromatic N) is 1. The highest BCUT2D eigenvalue weighted by Crippen LogP contribution is 2.52. The summed E-state index contributed by atoms with van der Waals surface area (Å²) in [4.78, 5) is 16.2. The number of halogens is 2. The van der Waals surface area contributed by atoms with Gasteiger partial charge in [-0.1, -0.05) is 67.4 Å². The number of hydrogen-bond acceptors (Lipinski definition) is 2. The molecule has 0 saturated carbocycles. The second-order valence-corrected chi connectivity index (χ2v) is 10.4. The van der Waals surface area contributed by atoms with E-state index in [1.54, 1.807) is 11.8 Å². The van der Waals surface area contributed by atoms with Gasteiger partial charge in [-0.2, -0.15) is 11.8 Å². The van der Waals surface area contributed by atoms with Gasteiger partial charge in [0.2, 0.25) is 5.91 Å². The van der Waals surface area contributed by atoms with Crippen LogP contribution in [-0.2, 0) is 4.79 Å². The fourth-order valence-electron chi connectivity index (χ4n) is 4.88. The number of rotatable bonds is 8. The zero-order chi connectivity index (χ0) is 22.6. The summed E-state index contributed by atoms with van der Waals surface area (Å²) in [6.07, 6.45) is 6.29. The van der Waals surface area contributed by atoms with Gasteiger partial charge in [0.25, 0.3) is 0 Å². The normalized spacial score (nSPS) is 24.8. The Bertz CT molecular complexity index is 916. The van der Waals surface area contributed by atoms with Crippen molar-refractivity contribution in [1.29, 1.82) is 0 Å². The van der Waals surface area contributed by atoms with Gasteiger partial charge in [0.1, 0.15) is 0 Å². The van der Waals surface area contributed by atoms with E-state index in [4.69, 9.17) is 23.2 Å². The van der Waals surface area contributed by atoms with Gasteiger partial charge in [-0.05, 0) is 60.9 Å². The van der Waals surface area contributed by atoms with Gasteiger partial charge in [0, 0.05) is 27.8 Å². The van der Waals surface area contributed by atoms with Crippen molar-refractivity contribution < 1.29 is 4.79 Å². The lowest BCUT2D eigenvalue weighted by Gasteiger charge is -2.52. The smallest absolute Gasteiger partial charge is 0.229 e. The Morgan fingerprint density at radius 3 is 2.48 bits per heavy atom. The van der Waals surface area contributed by atoms with Crippen LogP contribution < -0.4 is 0 Å². The minimum absolute atomic E-state index is 0.0711. The Morgan fingerprint density at radius 1 is 1.19 bits per heavy atom. The molecule has 2 aromatic carbocycles. The van der Waals surface area contributed by atoms with E-state index in [-0.39, 0.29) is 23.9 Å². The molecule has 31 heavy (non-hydrogen) atoms. The number of carbonyl (C=O) groups excluding carboxylic acids is 1. The van der Waals surface area contributed by atoms with E-state index in [2.05, 4.69) is 49.8 Å². The second kappa shape index (κ2) is 10.5. The van der Waals surface area contributed by atoms with Crippen molar-refractivity contribution in [1.82, 2.24) is 4.90 Å². The molecule has 1 saturated heterocycles. The number of allylic oxidation sites excluding steroid dienone is 1. The fraction of sp³-hybridized carbons (Fsp3) is 0.423. The van der Waals surface area contributed by atoms with Gasteiger partial charge in [-0.15, -0.1) is 6.58 Å². The molecule has 1 aliphatic heterocycles. The average Bonchev–Trinajstić information content (AvgIpc) is 2.75. The summed E-state index contributed by atoms with van der Waals surface area (Å²) >= 11 is 14.4. The van der Waals surface area contributed by atoms with Gasteiger partial charge in [0.05, 0.1) is 11.5 Å². The number of thioether (sulfide) groups is 1. The molecule has 2 aromatic rings. The summed E-state index contributed by atoms with van der Waals surface area (Å²) < 4.78 is 0. The first-order chi connectivity index (χ1) is 14.8. The Balaban J connectivity index is 2.21.